The third-order valence-corrected chi connectivity index (χ3v) is 4.55. The molecular weight excluding hydrogens is 262 g/mol. The zero-order chi connectivity index (χ0) is 13.9. The smallest absolute Gasteiger partial charge is 0.283 e. The van der Waals surface area contributed by atoms with E-state index in [1.165, 1.54) is 16.6 Å². The number of benzene rings is 1. The summed E-state index contributed by atoms with van der Waals surface area (Å²) in [5.74, 6) is 0. The second-order valence-electron chi connectivity index (χ2n) is 3.90. The average molecular weight is 277 g/mol. The highest BCUT2D eigenvalue weighted by Crippen LogP contribution is 2.24. The number of anilines is 2. The Labute approximate surface area is 112 Å². The first-order valence-electron chi connectivity index (χ1n) is 5.85. The fourth-order valence-corrected chi connectivity index (χ4v) is 3.32. The maximum Gasteiger partial charge on any atom is 0.283 e. The van der Waals surface area contributed by atoms with Gasteiger partial charge in [-0.05, 0) is 31.2 Å². The van der Waals surface area contributed by atoms with Crippen LogP contribution in [0.15, 0.2) is 53.7 Å². The molecule has 0 aliphatic carbocycles. The standard InChI is InChI=1S/C13H15N3O2S/c1-2-16(11-7-4-3-5-8-11)19(17,18)13-12(14)9-6-10-15-13/h3-10H,2,14H2,1H3. The van der Waals surface area contributed by atoms with Crippen molar-refractivity contribution >= 4 is 21.4 Å². The van der Waals surface area contributed by atoms with Gasteiger partial charge in [-0.1, -0.05) is 18.2 Å². The molecule has 0 aliphatic rings. The molecule has 0 atom stereocenters. The van der Waals surface area contributed by atoms with Gasteiger partial charge in [0.05, 0.1) is 11.4 Å². The first-order chi connectivity index (χ1) is 9.07. The predicted octanol–water partition coefficient (Wildman–Crippen LogP) is 1.88. The zero-order valence-electron chi connectivity index (χ0n) is 10.5. The molecule has 1 aromatic heterocycles. The van der Waals surface area contributed by atoms with E-state index >= 15 is 0 Å². The lowest BCUT2D eigenvalue weighted by Crippen LogP contribution is -2.31. The lowest BCUT2D eigenvalue weighted by molar-refractivity contribution is 0.588. The molecule has 0 aliphatic heterocycles. The molecular formula is C13H15N3O2S. The van der Waals surface area contributed by atoms with E-state index in [2.05, 4.69) is 4.98 Å². The number of hydrogen-bond donors (Lipinski definition) is 1. The van der Waals surface area contributed by atoms with Crippen LogP contribution in [-0.4, -0.2) is 19.9 Å². The van der Waals surface area contributed by atoms with Crippen molar-refractivity contribution in [3.63, 3.8) is 0 Å². The molecule has 100 valence electrons. The number of nitrogens with two attached hydrogens (primary N) is 1. The molecule has 0 fully saturated rings. The van der Waals surface area contributed by atoms with Gasteiger partial charge in [-0.3, -0.25) is 4.31 Å². The number of sulfonamides is 1. The Morgan fingerprint density at radius 3 is 2.42 bits per heavy atom. The molecule has 2 aromatic rings. The molecule has 6 heteroatoms. The second-order valence-corrected chi connectivity index (χ2v) is 5.68. The third-order valence-electron chi connectivity index (χ3n) is 2.67. The highest BCUT2D eigenvalue weighted by molar-refractivity contribution is 7.92. The van der Waals surface area contributed by atoms with Crippen molar-refractivity contribution < 1.29 is 8.42 Å². The van der Waals surface area contributed by atoms with Crippen LogP contribution in [0.5, 0.6) is 0 Å². The fraction of sp³-hybridized carbons (Fsp3) is 0.154. The molecule has 19 heavy (non-hydrogen) atoms. The lowest BCUT2D eigenvalue weighted by atomic mass is 10.3. The maximum absolute atomic E-state index is 12.6. The summed E-state index contributed by atoms with van der Waals surface area (Å²) in [5, 5.41) is -0.110. The molecule has 0 bridgehead atoms. The van der Waals surface area contributed by atoms with Crippen LogP contribution in [-0.2, 0) is 10.0 Å². The minimum Gasteiger partial charge on any atom is -0.396 e. The van der Waals surface area contributed by atoms with Crippen molar-refractivity contribution in [3.05, 3.63) is 48.7 Å². The van der Waals surface area contributed by atoms with Crippen molar-refractivity contribution in [3.8, 4) is 0 Å². The first kappa shape index (κ1) is 13.4. The van der Waals surface area contributed by atoms with Crippen molar-refractivity contribution in [2.75, 3.05) is 16.6 Å². The van der Waals surface area contributed by atoms with Gasteiger partial charge in [0.15, 0.2) is 5.03 Å². The molecule has 0 unspecified atom stereocenters. The maximum atomic E-state index is 12.6. The van der Waals surface area contributed by atoms with E-state index in [0.717, 1.165) is 0 Å². The van der Waals surface area contributed by atoms with E-state index in [1.54, 1.807) is 37.3 Å². The average Bonchev–Trinajstić information content (AvgIpc) is 2.40. The van der Waals surface area contributed by atoms with Crippen LogP contribution >= 0.6 is 0 Å². The number of pyridine rings is 1. The molecule has 1 heterocycles. The summed E-state index contributed by atoms with van der Waals surface area (Å²) in [6.45, 7) is 2.08. The normalized spacial score (nSPS) is 11.2. The van der Waals surface area contributed by atoms with Gasteiger partial charge in [0, 0.05) is 12.7 Å². The van der Waals surface area contributed by atoms with Crippen LogP contribution in [0.3, 0.4) is 0 Å². The summed E-state index contributed by atoms with van der Waals surface area (Å²) < 4.78 is 26.4. The Balaban J connectivity index is 2.52. The third kappa shape index (κ3) is 2.53. The molecule has 0 saturated carbocycles. The highest BCUT2D eigenvalue weighted by atomic mass is 32.2. The van der Waals surface area contributed by atoms with Crippen molar-refractivity contribution in [1.82, 2.24) is 4.98 Å². The van der Waals surface area contributed by atoms with E-state index < -0.39 is 10.0 Å². The van der Waals surface area contributed by atoms with Crippen LogP contribution < -0.4 is 10.0 Å². The Bertz CT molecular complexity index is 657. The molecule has 1 aromatic carbocycles. The number of rotatable bonds is 4. The summed E-state index contributed by atoms with van der Waals surface area (Å²) in [4.78, 5) is 3.89. The van der Waals surface area contributed by atoms with Gasteiger partial charge in [0.2, 0.25) is 0 Å². The Morgan fingerprint density at radius 1 is 1.16 bits per heavy atom. The fourth-order valence-electron chi connectivity index (χ4n) is 1.81. The summed E-state index contributed by atoms with van der Waals surface area (Å²) in [6.07, 6.45) is 1.42. The number of para-hydroxylation sites is 1. The van der Waals surface area contributed by atoms with Gasteiger partial charge in [-0.2, -0.15) is 8.42 Å². The van der Waals surface area contributed by atoms with E-state index in [9.17, 15) is 8.42 Å². The Hall–Kier alpha value is -2.08. The number of hydrogen-bond acceptors (Lipinski definition) is 4. The Morgan fingerprint density at radius 2 is 1.84 bits per heavy atom. The van der Waals surface area contributed by atoms with Crippen LogP contribution in [0.2, 0.25) is 0 Å². The van der Waals surface area contributed by atoms with Crippen LogP contribution in [0, 0.1) is 0 Å². The van der Waals surface area contributed by atoms with Crippen LogP contribution in [0.4, 0.5) is 11.4 Å². The van der Waals surface area contributed by atoms with Gasteiger partial charge in [-0.25, -0.2) is 4.98 Å². The quantitative estimate of drug-likeness (QED) is 0.925. The monoisotopic (exact) mass is 277 g/mol. The highest BCUT2D eigenvalue weighted by Gasteiger charge is 2.26. The molecule has 2 rings (SSSR count). The molecule has 0 radical (unpaired) electrons. The van der Waals surface area contributed by atoms with Crippen molar-refractivity contribution in [1.29, 1.82) is 0 Å². The minimum absolute atomic E-state index is 0.110. The molecule has 0 amide bonds. The molecule has 0 spiro atoms. The predicted molar refractivity (Wildman–Crippen MR) is 75.3 cm³/mol. The Kier molecular flexibility index (Phi) is 3.71. The summed E-state index contributed by atoms with van der Waals surface area (Å²) in [7, 11) is -3.74. The van der Waals surface area contributed by atoms with Gasteiger partial charge >= 0.3 is 0 Å². The van der Waals surface area contributed by atoms with E-state index in [-0.39, 0.29) is 10.7 Å². The summed E-state index contributed by atoms with van der Waals surface area (Å²) in [6, 6.07) is 12.0. The van der Waals surface area contributed by atoms with Gasteiger partial charge in [-0.15, -0.1) is 0 Å². The molecule has 5 nitrogen and oxygen atoms in total. The summed E-state index contributed by atoms with van der Waals surface area (Å²) >= 11 is 0. The van der Waals surface area contributed by atoms with Crippen molar-refractivity contribution in [2.45, 2.75) is 11.9 Å². The van der Waals surface area contributed by atoms with Gasteiger partial charge in [0.1, 0.15) is 0 Å². The molecule has 0 saturated heterocycles. The number of aromatic nitrogens is 1. The van der Waals surface area contributed by atoms with Crippen LogP contribution in [0.25, 0.3) is 0 Å². The first-order valence-corrected chi connectivity index (χ1v) is 7.29. The largest absolute Gasteiger partial charge is 0.396 e. The van der Waals surface area contributed by atoms with Crippen molar-refractivity contribution in [2.24, 2.45) is 0 Å². The van der Waals surface area contributed by atoms with Gasteiger partial charge < -0.3 is 5.73 Å². The van der Waals surface area contributed by atoms with E-state index in [0.29, 0.717) is 12.2 Å². The topological polar surface area (TPSA) is 76.3 Å². The number of nitrogen functional groups attached to an aromatic ring is 1. The second kappa shape index (κ2) is 5.27. The minimum atomic E-state index is -3.74. The van der Waals surface area contributed by atoms with E-state index in [1.807, 2.05) is 6.07 Å². The molecule has 2 N–H and O–H groups in total. The summed E-state index contributed by atoms with van der Waals surface area (Å²) in [5.41, 5.74) is 6.45. The SMILES string of the molecule is CCN(c1ccccc1)S(=O)(=O)c1ncccc1N. The van der Waals surface area contributed by atoms with Crippen LogP contribution in [0.1, 0.15) is 6.92 Å². The van der Waals surface area contributed by atoms with Gasteiger partial charge in [0.25, 0.3) is 10.0 Å². The number of nitrogens with zero attached hydrogens (tertiary/aromatic N) is 2. The van der Waals surface area contributed by atoms with E-state index in [4.69, 9.17) is 5.73 Å². The lowest BCUT2D eigenvalue weighted by Gasteiger charge is -2.22. The zero-order valence-corrected chi connectivity index (χ0v) is 11.3.